The molecule has 0 radical (unpaired) electrons. The Morgan fingerprint density at radius 2 is 1.57 bits per heavy atom. The van der Waals surface area contributed by atoms with E-state index in [1.165, 1.54) is 0 Å². The molecule has 1 heteroatoms. The van der Waals surface area contributed by atoms with E-state index in [0.29, 0.717) is 11.1 Å². The van der Waals surface area contributed by atoms with Crippen molar-refractivity contribution in [3.8, 4) is 22.4 Å². The maximum absolute atomic E-state index is 8.08. The molecule has 0 atom stereocenters. The van der Waals surface area contributed by atoms with E-state index in [2.05, 4.69) is 0 Å². The Balaban J connectivity index is 2.51. The van der Waals surface area contributed by atoms with Gasteiger partial charge in [0.25, 0.3) is 0 Å². The van der Waals surface area contributed by atoms with E-state index in [1.807, 2.05) is 61.1 Å². The van der Waals surface area contributed by atoms with E-state index in [4.69, 9.17) is 8.22 Å². The van der Waals surface area contributed by atoms with Crippen LogP contribution in [0.15, 0.2) is 54.7 Å². The lowest BCUT2D eigenvalue weighted by molar-refractivity contribution is -0.660. The predicted molar refractivity (Wildman–Crippen MR) is 97.4 cm³/mol. The molecule has 0 amide bonds. The van der Waals surface area contributed by atoms with E-state index < -0.39 is 13.7 Å². The largest absolute Gasteiger partial charge is 0.213 e. The summed E-state index contributed by atoms with van der Waals surface area (Å²) < 4.78 is 50.4. The van der Waals surface area contributed by atoms with Crippen LogP contribution in [0.25, 0.3) is 22.4 Å². The lowest BCUT2D eigenvalue weighted by Gasteiger charge is -2.16. The van der Waals surface area contributed by atoms with E-state index in [-0.39, 0.29) is 16.7 Å². The first-order chi connectivity index (χ1) is 13.4. The van der Waals surface area contributed by atoms with Gasteiger partial charge in [0.05, 0.1) is 5.56 Å². The number of benzene rings is 2. The average Bonchev–Trinajstić information content (AvgIpc) is 2.60. The highest BCUT2D eigenvalue weighted by Gasteiger charge is 2.19. The second-order valence-corrected chi connectivity index (χ2v) is 5.93. The first-order valence-electron chi connectivity index (χ1n) is 10.6. The zero-order chi connectivity index (χ0) is 21.6. The molecule has 0 saturated heterocycles. The van der Waals surface area contributed by atoms with Gasteiger partial charge in [-0.2, -0.15) is 0 Å². The third-order valence-electron chi connectivity index (χ3n) is 4.14. The van der Waals surface area contributed by atoms with E-state index in [1.54, 1.807) is 19.1 Å². The summed E-state index contributed by atoms with van der Waals surface area (Å²) in [4.78, 5) is 0. The van der Waals surface area contributed by atoms with Crippen molar-refractivity contribution in [2.45, 2.75) is 27.6 Å². The summed E-state index contributed by atoms with van der Waals surface area (Å²) in [6, 6.07) is 14.5. The minimum atomic E-state index is -2.44. The summed E-state index contributed by atoms with van der Waals surface area (Å²) in [7, 11) is 1.91. The molecule has 0 saturated carbocycles. The zero-order valence-electron chi connectivity index (χ0n) is 19.6. The number of pyridine rings is 1. The van der Waals surface area contributed by atoms with Crippen molar-refractivity contribution >= 4 is 0 Å². The van der Waals surface area contributed by atoms with Crippen molar-refractivity contribution in [2.75, 3.05) is 0 Å². The summed E-state index contributed by atoms with van der Waals surface area (Å²) in [6.45, 7) is -1.21. The molecule has 0 aliphatic rings. The van der Waals surface area contributed by atoms with E-state index in [0.717, 1.165) is 16.8 Å². The smallest absolute Gasteiger partial charge is 0.201 e. The molecule has 116 valence electrons. The Kier molecular flexibility index (Phi) is 2.52. The van der Waals surface area contributed by atoms with Crippen molar-refractivity contribution in [1.29, 1.82) is 0 Å². The highest BCUT2D eigenvalue weighted by atomic mass is 14.9. The van der Waals surface area contributed by atoms with Crippen LogP contribution < -0.4 is 4.57 Å². The van der Waals surface area contributed by atoms with Crippen molar-refractivity contribution in [3.05, 3.63) is 77.0 Å². The molecule has 0 N–H and O–H groups in total. The van der Waals surface area contributed by atoms with Crippen LogP contribution in [0.2, 0.25) is 0 Å². The number of nitrogens with zero attached hydrogens (tertiary/aromatic N) is 1. The van der Waals surface area contributed by atoms with Gasteiger partial charge in [-0.25, -0.2) is 4.57 Å². The Hall–Kier alpha value is -2.41. The van der Waals surface area contributed by atoms with Crippen LogP contribution in [-0.4, -0.2) is 0 Å². The second kappa shape index (κ2) is 6.00. The first kappa shape index (κ1) is 9.67. The van der Waals surface area contributed by atoms with Crippen molar-refractivity contribution in [1.82, 2.24) is 0 Å². The van der Waals surface area contributed by atoms with Crippen LogP contribution in [0.4, 0.5) is 0 Å². The van der Waals surface area contributed by atoms with Crippen LogP contribution in [0, 0.1) is 27.6 Å². The standard InChI is InChI=1S/C22H24N/c1-15-13-17(3)21(18(4)14-15)19-10-8-9-16(2)22(19)20-11-6-7-12-23(20)5/h6-14H,1-5H3/q+1/i3D3,4D3. The van der Waals surface area contributed by atoms with Gasteiger partial charge >= 0.3 is 0 Å². The number of hydrogen-bond donors (Lipinski definition) is 0. The predicted octanol–water partition coefficient (Wildman–Crippen LogP) is 5.08. The Bertz CT molecular complexity index is 1030. The molecule has 0 bridgehead atoms. The van der Waals surface area contributed by atoms with Gasteiger partial charge in [-0.05, 0) is 61.4 Å². The third-order valence-corrected chi connectivity index (χ3v) is 4.14. The second-order valence-electron chi connectivity index (χ2n) is 5.93. The van der Waals surface area contributed by atoms with Crippen LogP contribution in [0.3, 0.4) is 0 Å². The molecule has 2 aromatic carbocycles. The molecule has 0 spiro atoms. The average molecular weight is 308 g/mol. The maximum Gasteiger partial charge on any atom is 0.213 e. The number of hydrogen-bond acceptors (Lipinski definition) is 0. The number of aryl methyl sites for hydroxylation is 5. The molecule has 0 aliphatic carbocycles. The fourth-order valence-electron chi connectivity index (χ4n) is 3.08. The first-order valence-corrected chi connectivity index (χ1v) is 7.62. The minimum absolute atomic E-state index is 0.0639. The Morgan fingerprint density at radius 1 is 0.826 bits per heavy atom. The summed E-state index contributed by atoms with van der Waals surface area (Å²) in [5, 5.41) is 0. The zero-order valence-corrected chi connectivity index (χ0v) is 13.6. The molecular formula is C22H24N+. The topological polar surface area (TPSA) is 3.88 Å². The third kappa shape index (κ3) is 2.79. The van der Waals surface area contributed by atoms with Crippen molar-refractivity contribution in [2.24, 2.45) is 7.05 Å². The molecule has 1 aromatic heterocycles. The molecule has 0 aliphatic heterocycles. The Labute approximate surface area is 147 Å². The summed E-state index contributed by atoms with van der Waals surface area (Å²) in [5.41, 5.74) is 4.29. The minimum Gasteiger partial charge on any atom is -0.201 e. The fraction of sp³-hybridized carbons (Fsp3) is 0.227. The van der Waals surface area contributed by atoms with Crippen LogP contribution >= 0.6 is 0 Å². The van der Waals surface area contributed by atoms with Gasteiger partial charge in [-0.1, -0.05) is 35.9 Å². The van der Waals surface area contributed by atoms with Gasteiger partial charge in [-0.15, -0.1) is 0 Å². The van der Waals surface area contributed by atoms with Crippen LogP contribution in [-0.2, 0) is 7.05 Å². The molecular weight excluding hydrogens is 278 g/mol. The number of aromatic nitrogens is 1. The van der Waals surface area contributed by atoms with Gasteiger partial charge < -0.3 is 0 Å². The molecule has 0 unspecified atom stereocenters. The monoisotopic (exact) mass is 308 g/mol. The summed E-state index contributed by atoms with van der Waals surface area (Å²) >= 11 is 0. The molecule has 3 aromatic rings. The van der Waals surface area contributed by atoms with E-state index in [9.17, 15) is 0 Å². The van der Waals surface area contributed by atoms with Gasteiger partial charge in [0, 0.05) is 20.4 Å². The van der Waals surface area contributed by atoms with Gasteiger partial charge in [0.15, 0.2) is 6.20 Å². The normalized spacial score (nSPS) is 15.8. The van der Waals surface area contributed by atoms with Gasteiger partial charge in [0.2, 0.25) is 5.69 Å². The molecule has 23 heavy (non-hydrogen) atoms. The SMILES string of the molecule is [2H]C([2H])([2H])c1cc(C)cc(C([2H])([2H])[2H])c1-c1cccc(C)c1-c1cccc[n+]1C. The van der Waals surface area contributed by atoms with E-state index >= 15 is 0 Å². The van der Waals surface area contributed by atoms with Gasteiger partial charge in [0.1, 0.15) is 7.05 Å². The van der Waals surface area contributed by atoms with Crippen molar-refractivity contribution < 1.29 is 12.8 Å². The quantitative estimate of drug-likeness (QED) is 0.581. The highest BCUT2D eigenvalue weighted by Crippen LogP contribution is 2.37. The lowest BCUT2D eigenvalue weighted by Crippen LogP contribution is -2.30. The van der Waals surface area contributed by atoms with Crippen LogP contribution in [0.5, 0.6) is 0 Å². The molecule has 0 fully saturated rings. The maximum atomic E-state index is 8.08. The molecule has 1 heterocycles. The summed E-state index contributed by atoms with van der Waals surface area (Å²) in [6.07, 6.45) is 1.91. The number of rotatable bonds is 2. The van der Waals surface area contributed by atoms with Crippen LogP contribution in [0.1, 0.15) is 30.5 Å². The lowest BCUT2D eigenvalue weighted by atomic mass is 9.88. The Morgan fingerprint density at radius 3 is 2.22 bits per heavy atom. The fourth-order valence-corrected chi connectivity index (χ4v) is 3.08. The highest BCUT2D eigenvalue weighted by molar-refractivity contribution is 5.86. The summed E-state index contributed by atoms with van der Waals surface area (Å²) in [5.74, 6) is 0. The van der Waals surface area contributed by atoms with Crippen molar-refractivity contribution in [3.63, 3.8) is 0 Å². The molecule has 3 rings (SSSR count). The van der Waals surface area contributed by atoms with Gasteiger partial charge in [-0.3, -0.25) is 0 Å². The molecule has 1 nitrogen and oxygen atoms in total.